The van der Waals surface area contributed by atoms with Crippen LogP contribution in [0.25, 0.3) is 5.57 Å². The first-order valence-electron chi connectivity index (χ1n) is 10.7. The van der Waals surface area contributed by atoms with Crippen LogP contribution in [0.2, 0.25) is 0 Å². The fourth-order valence-electron chi connectivity index (χ4n) is 4.50. The van der Waals surface area contributed by atoms with E-state index in [4.69, 9.17) is 0 Å². The summed E-state index contributed by atoms with van der Waals surface area (Å²) in [6.07, 6.45) is 3.58. The zero-order chi connectivity index (χ0) is 20.9. The topological polar surface area (TPSA) is 32.3 Å². The van der Waals surface area contributed by atoms with Crippen LogP contribution in [0.15, 0.2) is 89.3 Å². The number of anilines is 1. The van der Waals surface area contributed by atoms with Crippen molar-refractivity contribution in [1.29, 1.82) is 0 Å². The molecule has 0 aliphatic heterocycles. The van der Waals surface area contributed by atoms with Gasteiger partial charge in [-0.1, -0.05) is 61.9 Å². The Hall–Kier alpha value is -2.65. The molecule has 2 unspecified atom stereocenters. The Morgan fingerprint density at radius 1 is 0.800 bits per heavy atom. The summed E-state index contributed by atoms with van der Waals surface area (Å²) < 4.78 is 3.44. The van der Waals surface area contributed by atoms with Gasteiger partial charge in [0.25, 0.3) is 0 Å². The number of aromatic hydroxyl groups is 1. The summed E-state index contributed by atoms with van der Waals surface area (Å²) in [7, 11) is 0. The maximum Gasteiger partial charge on any atom is 0.115 e. The van der Waals surface area contributed by atoms with Gasteiger partial charge < -0.3 is 9.83 Å². The summed E-state index contributed by atoms with van der Waals surface area (Å²) in [6.45, 7) is 4.72. The standard InChI is InChI=1S/C27H29NOS/c1-19-16-20(2)18-23(17-19)27(22-10-14-25(29)15-11-22)21-8-12-24(13-9-21)28-30-26-6-4-3-5-7-26/h3-15,19-20,28-29H,16-18H2,1-2H3. The molecule has 1 aliphatic carbocycles. The summed E-state index contributed by atoms with van der Waals surface area (Å²) in [5, 5.41) is 9.77. The van der Waals surface area contributed by atoms with E-state index in [2.05, 4.69) is 67.1 Å². The van der Waals surface area contributed by atoms with Crippen molar-refractivity contribution in [3.05, 3.63) is 95.6 Å². The quantitative estimate of drug-likeness (QED) is 0.417. The molecule has 2 nitrogen and oxygen atoms in total. The highest BCUT2D eigenvalue weighted by atomic mass is 32.2. The summed E-state index contributed by atoms with van der Waals surface area (Å²) in [5.74, 6) is 1.73. The van der Waals surface area contributed by atoms with Gasteiger partial charge in [0.2, 0.25) is 0 Å². The molecule has 0 aromatic heterocycles. The summed E-state index contributed by atoms with van der Waals surface area (Å²) in [4.78, 5) is 1.19. The van der Waals surface area contributed by atoms with Crippen molar-refractivity contribution in [2.75, 3.05) is 4.72 Å². The van der Waals surface area contributed by atoms with Crippen LogP contribution < -0.4 is 4.72 Å². The van der Waals surface area contributed by atoms with Gasteiger partial charge in [-0.3, -0.25) is 0 Å². The summed E-state index contributed by atoms with van der Waals surface area (Å²) in [5.41, 5.74) is 6.38. The van der Waals surface area contributed by atoms with Crippen LogP contribution in [0.4, 0.5) is 5.69 Å². The third-order valence-corrected chi connectivity index (χ3v) is 6.55. The molecule has 0 bridgehead atoms. The van der Waals surface area contributed by atoms with E-state index < -0.39 is 0 Å². The van der Waals surface area contributed by atoms with Gasteiger partial charge in [-0.25, -0.2) is 0 Å². The highest BCUT2D eigenvalue weighted by molar-refractivity contribution is 8.00. The lowest BCUT2D eigenvalue weighted by atomic mass is 9.76. The van der Waals surface area contributed by atoms with E-state index in [1.54, 1.807) is 24.1 Å². The number of hydrogen-bond acceptors (Lipinski definition) is 3. The molecule has 3 aromatic carbocycles. The third-order valence-electron chi connectivity index (χ3n) is 5.71. The summed E-state index contributed by atoms with van der Waals surface area (Å²) in [6, 6.07) is 26.7. The van der Waals surface area contributed by atoms with Crippen molar-refractivity contribution < 1.29 is 5.11 Å². The van der Waals surface area contributed by atoms with E-state index in [-0.39, 0.29) is 0 Å². The molecule has 0 spiro atoms. The molecule has 0 saturated heterocycles. The Bertz CT molecular complexity index is 981. The van der Waals surface area contributed by atoms with Crippen LogP contribution in [0, 0.1) is 11.8 Å². The van der Waals surface area contributed by atoms with E-state index in [0.29, 0.717) is 17.6 Å². The van der Waals surface area contributed by atoms with Gasteiger partial charge in [0.05, 0.1) is 0 Å². The lowest BCUT2D eigenvalue weighted by molar-refractivity contribution is 0.359. The average molecular weight is 416 g/mol. The van der Waals surface area contributed by atoms with E-state index >= 15 is 0 Å². The van der Waals surface area contributed by atoms with Crippen LogP contribution in [-0.4, -0.2) is 5.11 Å². The monoisotopic (exact) mass is 415 g/mol. The van der Waals surface area contributed by atoms with Crippen molar-refractivity contribution in [2.45, 2.75) is 38.0 Å². The highest BCUT2D eigenvalue weighted by Gasteiger charge is 2.23. The second-order valence-corrected chi connectivity index (χ2v) is 9.35. The van der Waals surface area contributed by atoms with Gasteiger partial charge in [-0.15, -0.1) is 0 Å². The van der Waals surface area contributed by atoms with Gasteiger partial charge >= 0.3 is 0 Å². The smallest absolute Gasteiger partial charge is 0.115 e. The Morgan fingerprint density at radius 3 is 1.97 bits per heavy atom. The highest BCUT2D eigenvalue weighted by Crippen LogP contribution is 2.40. The van der Waals surface area contributed by atoms with E-state index in [1.165, 1.54) is 33.6 Å². The summed E-state index contributed by atoms with van der Waals surface area (Å²) >= 11 is 1.62. The average Bonchev–Trinajstić information content (AvgIpc) is 2.75. The molecule has 3 heteroatoms. The Labute approximate surface area is 184 Å². The van der Waals surface area contributed by atoms with Crippen molar-refractivity contribution in [2.24, 2.45) is 11.8 Å². The van der Waals surface area contributed by atoms with E-state index in [9.17, 15) is 5.11 Å². The maximum atomic E-state index is 9.77. The van der Waals surface area contributed by atoms with Crippen LogP contribution >= 0.6 is 11.9 Å². The molecule has 1 fully saturated rings. The first-order valence-corrected chi connectivity index (χ1v) is 11.5. The first-order chi connectivity index (χ1) is 14.6. The third kappa shape index (κ3) is 5.09. The normalized spacial score (nSPS) is 18.8. The van der Waals surface area contributed by atoms with Crippen molar-refractivity contribution in [3.8, 4) is 5.75 Å². The molecular formula is C27H29NOS. The van der Waals surface area contributed by atoms with E-state index in [0.717, 1.165) is 18.5 Å². The molecule has 154 valence electrons. The van der Waals surface area contributed by atoms with Crippen molar-refractivity contribution in [1.82, 2.24) is 0 Å². The van der Waals surface area contributed by atoms with Gasteiger partial charge in [0.1, 0.15) is 5.75 Å². The van der Waals surface area contributed by atoms with Gasteiger partial charge in [-0.2, -0.15) is 0 Å². The zero-order valence-electron chi connectivity index (χ0n) is 17.6. The second-order valence-electron chi connectivity index (χ2n) is 8.47. The fraction of sp³-hybridized carbons (Fsp3) is 0.259. The molecular weight excluding hydrogens is 386 g/mol. The number of phenols is 1. The van der Waals surface area contributed by atoms with Crippen LogP contribution in [0.5, 0.6) is 5.75 Å². The molecule has 0 radical (unpaired) electrons. The zero-order valence-corrected chi connectivity index (χ0v) is 18.5. The van der Waals surface area contributed by atoms with Crippen molar-refractivity contribution in [3.63, 3.8) is 0 Å². The van der Waals surface area contributed by atoms with Crippen LogP contribution in [0.1, 0.15) is 44.2 Å². The minimum Gasteiger partial charge on any atom is -0.508 e. The van der Waals surface area contributed by atoms with Gasteiger partial charge in [-0.05, 0) is 96.1 Å². The number of allylic oxidation sites excluding steroid dienone is 1. The van der Waals surface area contributed by atoms with Gasteiger partial charge in [0, 0.05) is 10.6 Å². The molecule has 30 heavy (non-hydrogen) atoms. The molecule has 4 rings (SSSR count). The Morgan fingerprint density at radius 2 is 1.37 bits per heavy atom. The number of benzene rings is 3. The molecule has 2 N–H and O–H groups in total. The molecule has 1 aliphatic rings. The lowest BCUT2D eigenvalue weighted by Crippen LogP contribution is -2.14. The van der Waals surface area contributed by atoms with E-state index in [1.807, 2.05) is 18.2 Å². The predicted octanol–water partition coefficient (Wildman–Crippen LogP) is 7.77. The lowest BCUT2D eigenvalue weighted by Gasteiger charge is -2.29. The number of phenolic OH excluding ortho intramolecular Hbond substituents is 1. The molecule has 3 aromatic rings. The number of rotatable bonds is 5. The largest absolute Gasteiger partial charge is 0.508 e. The number of nitrogens with one attached hydrogen (secondary N) is 1. The molecule has 1 saturated carbocycles. The number of hydrogen-bond donors (Lipinski definition) is 2. The Kier molecular flexibility index (Phi) is 6.49. The molecule has 2 atom stereocenters. The van der Waals surface area contributed by atoms with Gasteiger partial charge in [0.15, 0.2) is 0 Å². The first kappa shape index (κ1) is 20.6. The Balaban J connectivity index is 1.63. The SMILES string of the molecule is CC1CC(=C(c2ccc(O)cc2)c2ccc(NSc3ccccc3)cc2)CC(C)C1. The minimum atomic E-state index is 0.311. The van der Waals surface area contributed by atoms with Crippen molar-refractivity contribution >= 4 is 23.2 Å². The molecule has 0 amide bonds. The second kappa shape index (κ2) is 9.44. The minimum absolute atomic E-state index is 0.311. The maximum absolute atomic E-state index is 9.77. The van der Waals surface area contributed by atoms with Crippen LogP contribution in [-0.2, 0) is 0 Å². The molecule has 0 heterocycles. The predicted molar refractivity (Wildman–Crippen MR) is 129 cm³/mol. The van der Waals surface area contributed by atoms with Crippen LogP contribution in [0.3, 0.4) is 0 Å². The fourth-order valence-corrected chi connectivity index (χ4v) is 5.16.